The molecule has 1 aromatic carbocycles. The predicted octanol–water partition coefficient (Wildman–Crippen LogP) is 1.84. The van der Waals surface area contributed by atoms with E-state index < -0.39 is 0 Å². The third-order valence-electron chi connectivity index (χ3n) is 4.11. The summed E-state index contributed by atoms with van der Waals surface area (Å²) >= 11 is 0. The number of piperazine rings is 1. The third-order valence-corrected chi connectivity index (χ3v) is 4.11. The second kappa shape index (κ2) is 7.19. The van der Waals surface area contributed by atoms with Crippen molar-refractivity contribution < 1.29 is 0 Å². The molecule has 0 bridgehead atoms. The molecule has 1 aliphatic rings. The SMILES string of the molecule is CN1CCN(c2ncnc(NCc3ccccc3)c2C=N)CC1. The Morgan fingerprint density at radius 2 is 1.87 bits per heavy atom. The van der Waals surface area contributed by atoms with Crippen LogP contribution in [0, 0.1) is 5.41 Å². The number of hydrogen-bond donors (Lipinski definition) is 2. The number of rotatable bonds is 5. The molecule has 6 heteroatoms. The van der Waals surface area contributed by atoms with Crippen LogP contribution >= 0.6 is 0 Å². The topological polar surface area (TPSA) is 68.1 Å². The van der Waals surface area contributed by atoms with E-state index in [-0.39, 0.29) is 0 Å². The molecule has 1 saturated heterocycles. The zero-order valence-corrected chi connectivity index (χ0v) is 13.4. The Hall–Kier alpha value is -2.47. The van der Waals surface area contributed by atoms with E-state index in [1.54, 1.807) is 6.33 Å². The van der Waals surface area contributed by atoms with Crippen LogP contribution in [-0.2, 0) is 6.54 Å². The summed E-state index contributed by atoms with van der Waals surface area (Å²) in [5.41, 5.74) is 1.94. The first-order chi connectivity index (χ1) is 11.3. The number of aromatic nitrogens is 2. The van der Waals surface area contributed by atoms with Crippen molar-refractivity contribution in [2.75, 3.05) is 43.4 Å². The van der Waals surface area contributed by atoms with Crippen molar-refractivity contribution in [1.82, 2.24) is 14.9 Å². The van der Waals surface area contributed by atoms with Crippen LogP contribution in [0.4, 0.5) is 11.6 Å². The van der Waals surface area contributed by atoms with Crippen LogP contribution in [0.2, 0.25) is 0 Å². The fraction of sp³-hybridized carbons (Fsp3) is 0.353. The molecule has 120 valence electrons. The van der Waals surface area contributed by atoms with Crippen LogP contribution in [-0.4, -0.2) is 54.3 Å². The third kappa shape index (κ3) is 3.65. The largest absolute Gasteiger partial charge is 0.365 e. The molecule has 0 aliphatic carbocycles. The summed E-state index contributed by atoms with van der Waals surface area (Å²) in [5, 5.41) is 11.1. The minimum atomic E-state index is 0.681. The summed E-state index contributed by atoms with van der Waals surface area (Å²) in [4.78, 5) is 13.3. The Kier molecular flexibility index (Phi) is 4.83. The average molecular weight is 310 g/mol. The van der Waals surface area contributed by atoms with Crippen LogP contribution in [0.3, 0.4) is 0 Å². The molecule has 0 saturated carbocycles. The molecule has 0 spiro atoms. The van der Waals surface area contributed by atoms with Gasteiger partial charge in [-0.25, -0.2) is 9.97 Å². The number of benzene rings is 1. The van der Waals surface area contributed by atoms with E-state index in [2.05, 4.69) is 44.3 Å². The predicted molar refractivity (Wildman–Crippen MR) is 93.4 cm³/mol. The van der Waals surface area contributed by atoms with Crippen molar-refractivity contribution >= 4 is 17.9 Å². The lowest BCUT2D eigenvalue weighted by atomic mass is 10.2. The Bertz CT molecular complexity index is 649. The van der Waals surface area contributed by atoms with Crippen molar-refractivity contribution in [1.29, 1.82) is 5.41 Å². The van der Waals surface area contributed by atoms with Gasteiger partial charge in [0, 0.05) is 38.9 Å². The highest BCUT2D eigenvalue weighted by Gasteiger charge is 2.19. The van der Waals surface area contributed by atoms with E-state index in [1.165, 1.54) is 11.8 Å². The van der Waals surface area contributed by atoms with Gasteiger partial charge >= 0.3 is 0 Å². The van der Waals surface area contributed by atoms with Gasteiger partial charge in [-0.05, 0) is 12.6 Å². The molecule has 0 radical (unpaired) electrons. The number of nitrogens with one attached hydrogen (secondary N) is 2. The first-order valence-electron chi connectivity index (χ1n) is 7.84. The molecule has 0 atom stereocenters. The zero-order valence-electron chi connectivity index (χ0n) is 13.4. The van der Waals surface area contributed by atoms with E-state index in [9.17, 15) is 0 Å². The normalized spacial score (nSPS) is 15.4. The minimum absolute atomic E-state index is 0.681. The Balaban J connectivity index is 1.78. The smallest absolute Gasteiger partial charge is 0.143 e. The number of anilines is 2. The van der Waals surface area contributed by atoms with Crippen LogP contribution in [0.1, 0.15) is 11.1 Å². The Morgan fingerprint density at radius 3 is 2.57 bits per heavy atom. The highest BCUT2D eigenvalue weighted by atomic mass is 15.3. The van der Waals surface area contributed by atoms with Gasteiger partial charge in [-0.3, -0.25) is 0 Å². The molecule has 6 nitrogen and oxygen atoms in total. The summed E-state index contributed by atoms with van der Waals surface area (Å²) in [7, 11) is 2.13. The molecule has 0 unspecified atom stereocenters. The summed E-state index contributed by atoms with van der Waals surface area (Å²) in [6.07, 6.45) is 2.93. The quantitative estimate of drug-likeness (QED) is 0.825. The van der Waals surface area contributed by atoms with Gasteiger partial charge in [0.05, 0.1) is 5.56 Å². The highest BCUT2D eigenvalue weighted by Crippen LogP contribution is 2.23. The van der Waals surface area contributed by atoms with Crippen LogP contribution in [0.15, 0.2) is 36.7 Å². The minimum Gasteiger partial charge on any atom is -0.365 e. The van der Waals surface area contributed by atoms with Gasteiger partial charge in [-0.1, -0.05) is 30.3 Å². The number of hydrogen-bond acceptors (Lipinski definition) is 6. The molecular weight excluding hydrogens is 288 g/mol. The van der Waals surface area contributed by atoms with Gasteiger partial charge in [-0.15, -0.1) is 0 Å². The molecule has 0 amide bonds. The molecule has 2 N–H and O–H groups in total. The van der Waals surface area contributed by atoms with Gasteiger partial charge in [-0.2, -0.15) is 0 Å². The van der Waals surface area contributed by atoms with Crippen molar-refractivity contribution in [3.05, 3.63) is 47.8 Å². The summed E-state index contributed by atoms with van der Waals surface area (Å²) in [5.74, 6) is 1.56. The number of likely N-dealkylation sites (N-methyl/N-ethyl adjacent to an activating group) is 1. The molecule has 1 fully saturated rings. The lowest BCUT2D eigenvalue weighted by Crippen LogP contribution is -2.45. The van der Waals surface area contributed by atoms with E-state index in [0.717, 1.165) is 37.6 Å². The van der Waals surface area contributed by atoms with Crippen molar-refractivity contribution in [2.24, 2.45) is 0 Å². The second-order valence-electron chi connectivity index (χ2n) is 5.73. The highest BCUT2D eigenvalue weighted by molar-refractivity contribution is 5.91. The maximum atomic E-state index is 7.78. The van der Waals surface area contributed by atoms with Crippen LogP contribution < -0.4 is 10.2 Å². The van der Waals surface area contributed by atoms with Crippen LogP contribution in [0.5, 0.6) is 0 Å². The first-order valence-corrected chi connectivity index (χ1v) is 7.84. The van der Waals surface area contributed by atoms with Gasteiger partial charge in [0.2, 0.25) is 0 Å². The van der Waals surface area contributed by atoms with E-state index >= 15 is 0 Å². The number of nitrogens with zero attached hydrogens (tertiary/aromatic N) is 4. The first kappa shape index (κ1) is 15.4. The summed E-state index contributed by atoms with van der Waals surface area (Å²) < 4.78 is 0. The van der Waals surface area contributed by atoms with E-state index in [0.29, 0.717) is 12.4 Å². The molecular formula is C17H22N6. The molecule has 2 heterocycles. The zero-order chi connectivity index (χ0) is 16.1. The van der Waals surface area contributed by atoms with Crippen molar-refractivity contribution in [3.63, 3.8) is 0 Å². The van der Waals surface area contributed by atoms with Gasteiger partial charge in [0.25, 0.3) is 0 Å². The van der Waals surface area contributed by atoms with Crippen molar-refractivity contribution in [3.8, 4) is 0 Å². The van der Waals surface area contributed by atoms with E-state index in [1.807, 2.05) is 18.2 Å². The molecule has 3 rings (SSSR count). The fourth-order valence-electron chi connectivity index (χ4n) is 2.71. The van der Waals surface area contributed by atoms with Gasteiger partial charge in [0.15, 0.2) is 0 Å². The van der Waals surface area contributed by atoms with E-state index in [4.69, 9.17) is 5.41 Å². The Morgan fingerprint density at radius 1 is 1.13 bits per heavy atom. The molecule has 1 aliphatic heterocycles. The fourth-order valence-corrected chi connectivity index (χ4v) is 2.71. The lowest BCUT2D eigenvalue weighted by Gasteiger charge is -2.34. The summed E-state index contributed by atoms with van der Waals surface area (Å²) in [6, 6.07) is 10.2. The second-order valence-corrected chi connectivity index (χ2v) is 5.73. The maximum absolute atomic E-state index is 7.78. The maximum Gasteiger partial charge on any atom is 0.143 e. The average Bonchev–Trinajstić information content (AvgIpc) is 2.61. The molecule has 1 aromatic heterocycles. The lowest BCUT2D eigenvalue weighted by molar-refractivity contribution is 0.312. The monoisotopic (exact) mass is 310 g/mol. The molecule has 23 heavy (non-hydrogen) atoms. The van der Waals surface area contributed by atoms with Crippen LogP contribution in [0.25, 0.3) is 0 Å². The standard InChI is InChI=1S/C17H22N6/c1-22-7-9-23(10-8-22)17-15(11-18)16(20-13-21-17)19-12-14-5-3-2-4-6-14/h2-6,11,13,18H,7-10,12H2,1H3,(H,19,20,21). The van der Waals surface area contributed by atoms with Gasteiger partial charge < -0.3 is 20.5 Å². The Labute approximate surface area is 136 Å². The molecule has 2 aromatic rings. The van der Waals surface area contributed by atoms with Gasteiger partial charge in [0.1, 0.15) is 18.0 Å². The summed E-state index contributed by atoms with van der Waals surface area (Å²) in [6.45, 7) is 4.54. The van der Waals surface area contributed by atoms with Crippen molar-refractivity contribution in [2.45, 2.75) is 6.54 Å².